The highest BCUT2D eigenvalue weighted by Crippen LogP contribution is 2.26. The van der Waals surface area contributed by atoms with Gasteiger partial charge in [-0.25, -0.2) is 47.9 Å². The molecule has 12 rings (SSSR count). The summed E-state index contributed by atoms with van der Waals surface area (Å²) in [5.74, 6) is -1.87. The van der Waals surface area contributed by atoms with Crippen molar-refractivity contribution >= 4 is 67.2 Å². The number of halogens is 6. The lowest BCUT2D eigenvalue weighted by molar-refractivity contribution is -0.142. The van der Waals surface area contributed by atoms with Gasteiger partial charge < -0.3 is 40.6 Å². The Balaban J connectivity index is 0.000000191. The van der Waals surface area contributed by atoms with E-state index in [1.807, 2.05) is 0 Å². The van der Waals surface area contributed by atoms with E-state index in [2.05, 4.69) is 118 Å². The maximum absolute atomic E-state index is 13.2. The van der Waals surface area contributed by atoms with Gasteiger partial charge in [-0.05, 0) is 326 Å². The Labute approximate surface area is 705 Å². The Hall–Kier alpha value is -9.16. The molecule has 6 N–H and O–H groups in total. The summed E-state index contributed by atoms with van der Waals surface area (Å²) in [6.07, 6.45) is 33.6. The van der Waals surface area contributed by atoms with Crippen LogP contribution in [0.2, 0.25) is 5.15 Å². The van der Waals surface area contributed by atoms with E-state index in [0.717, 1.165) is 143 Å². The highest BCUT2D eigenvalue weighted by atomic mass is 79.9. The van der Waals surface area contributed by atoms with Crippen LogP contribution in [0.3, 0.4) is 0 Å². The molecule has 29 heteroatoms. The van der Waals surface area contributed by atoms with E-state index in [1.54, 1.807) is 61.1 Å². The molecule has 3 aliphatic carbocycles. The molecule has 0 amide bonds. The van der Waals surface area contributed by atoms with Crippen LogP contribution in [-0.2, 0) is 78.6 Å². The lowest BCUT2D eigenvalue weighted by Gasteiger charge is -2.25. The summed E-state index contributed by atoms with van der Waals surface area (Å²) in [5, 5.41) is 32.1. The molecule has 3 aromatic carbocycles. The van der Waals surface area contributed by atoms with Gasteiger partial charge in [0.2, 0.25) is 0 Å². The highest BCUT2D eigenvalue weighted by Gasteiger charge is 2.24. The summed E-state index contributed by atoms with van der Waals surface area (Å²) in [6, 6.07) is 31.2. The van der Waals surface area contributed by atoms with Crippen molar-refractivity contribution in [3.63, 3.8) is 0 Å². The number of rotatable bonds is 43. The Morgan fingerprint density at radius 3 is 1.22 bits per heavy atom. The molecule has 0 radical (unpaired) electrons. The molecule has 3 aliphatic rings. The molecule has 117 heavy (non-hydrogen) atoms. The van der Waals surface area contributed by atoms with Gasteiger partial charge in [0.05, 0.1) is 14.9 Å². The van der Waals surface area contributed by atoms with Gasteiger partial charge in [-0.1, -0.05) is 29.8 Å². The third-order valence-electron chi connectivity index (χ3n) is 20.6. The fraction of sp³-hybridized carbons (Fsp3) is 0.455. The van der Waals surface area contributed by atoms with Crippen molar-refractivity contribution in [2.45, 2.75) is 173 Å². The molecule has 6 aromatic heterocycles. The fourth-order valence-corrected chi connectivity index (χ4v) is 14.6. The number of benzene rings is 3. The maximum atomic E-state index is 13.2. The Kier molecular flexibility index (Phi) is 40.2. The van der Waals surface area contributed by atoms with E-state index < -0.39 is 35.9 Å². The summed E-state index contributed by atoms with van der Waals surface area (Å²) < 4.78 is 58.1. The predicted octanol–water partition coefficient (Wildman–Crippen LogP) is 15.7. The number of ether oxygens (including phenoxy) is 3. The molecule has 0 saturated carbocycles. The number of nitrogens with one attached hydrogen (secondary N) is 1. The Morgan fingerprint density at radius 2 is 0.846 bits per heavy atom. The monoisotopic (exact) mass is 1750 g/mol. The van der Waals surface area contributed by atoms with Crippen LogP contribution in [0, 0.1) is 23.4 Å². The summed E-state index contributed by atoms with van der Waals surface area (Å²) in [5.41, 5.74) is 17.9. The fourth-order valence-electron chi connectivity index (χ4n) is 13.9. The first-order valence-electron chi connectivity index (χ1n) is 40.6. The van der Waals surface area contributed by atoms with Crippen LogP contribution >= 0.6 is 43.5 Å². The molecule has 9 aromatic rings. The summed E-state index contributed by atoms with van der Waals surface area (Å²) in [4.78, 5) is 79.8. The van der Waals surface area contributed by atoms with Gasteiger partial charge in [0.15, 0.2) is 0 Å². The van der Waals surface area contributed by atoms with Crippen molar-refractivity contribution in [3.05, 3.63) is 241 Å². The number of nitrogens with two attached hydrogens (primary N) is 1. The molecular weight excluding hydrogens is 1650 g/mol. The maximum Gasteiger partial charge on any atom is 0.326 e. The minimum Gasteiger partial charge on any atom is -0.492 e. The third kappa shape index (κ3) is 34.4. The van der Waals surface area contributed by atoms with E-state index >= 15 is 0 Å². The zero-order valence-corrected chi connectivity index (χ0v) is 70.3. The number of hydrogen-bond donors (Lipinski definition) is 5. The number of nitrogens with zero attached hydrogens (tertiary/aromatic N) is 12. The first-order chi connectivity index (χ1) is 56.9. The summed E-state index contributed by atoms with van der Waals surface area (Å²) >= 11 is 12.0. The van der Waals surface area contributed by atoms with E-state index in [9.17, 15) is 37.8 Å². The normalized spacial score (nSPS) is 13.5. The van der Waals surface area contributed by atoms with Crippen LogP contribution in [0.25, 0.3) is 0 Å². The number of carboxylic acid groups (broad SMARTS) is 3. The largest absolute Gasteiger partial charge is 0.492 e. The van der Waals surface area contributed by atoms with Crippen molar-refractivity contribution in [2.75, 3.05) is 84.0 Å². The number of carbonyl (C=O) groups is 3. The standard InChI is InChI=1S/C30H37FN4O3.C29H35BrFN5O3.C25H34FN3O3.C4H2BrClN2/c31-25-9-12-28(13-10-25)38-20-19-35(18-15-24(30(36)37)21-27-14-16-32-22-33-27)17-4-3-6-26-11-8-23-5-1-2-7-29(23)34-26;30-25-19-32-20-33-28(25)35-27(29(37)38)14-16-36(17-18-39-24-12-9-22(31)10-13-24)15-4-3-6-23-11-8-21-5-1-2-7-26(21)34-23;26-20-9-12-22(13-10-20)32-18-17-29(16-14-23(27)25(30)31)15-4-3-6-21-11-8-19-5-1-2-7-24(19)28-21;5-3-1-7-2-8-4(3)6/h8-14,16,22,24H,1-7,15,17-21H2,(H,36,37);8-13,19-20,27H,1-7,14-18H2,(H,37,38)(H,32,33,35);8-13,23H,1-7,14-18,27H2,(H,30,31);1-2H/t24-;27-;23-;/m100./s1. The average molecular weight is 1760 g/mol. The van der Waals surface area contributed by atoms with Gasteiger partial charge in [0, 0.05) is 97.6 Å². The minimum absolute atomic E-state index is 0.296. The van der Waals surface area contributed by atoms with Crippen LogP contribution in [0.5, 0.6) is 17.2 Å². The van der Waals surface area contributed by atoms with Crippen molar-refractivity contribution in [1.82, 2.24) is 59.6 Å². The van der Waals surface area contributed by atoms with Gasteiger partial charge >= 0.3 is 17.9 Å². The number of aliphatic carboxylic acids is 3. The van der Waals surface area contributed by atoms with Gasteiger partial charge in [-0.3, -0.25) is 39.2 Å². The summed E-state index contributed by atoms with van der Waals surface area (Å²) in [6.45, 7) is 7.54. The SMILES string of the molecule is Clc1ncncc1Br.N[C@@H](CCN(CCCCc1ccc2c(n1)CCCC2)CCOc1ccc(F)cc1)C(=O)O.O=C(O)[C@H](CCN(CCCCc1ccc2c(n1)CCCC2)CCOc1ccc(F)cc1)Cc1ccncn1.O=C(O)[C@H](CCN(CCCCc1ccc2c(n1)CCCC2)CCOc1ccc(F)cc1)Nc1ncncc1Br. The lowest BCUT2D eigenvalue weighted by atomic mass is 9.95. The number of aryl methyl sites for hydroxylation is 9. The highest BCUT2D eigenvalue weighted by molar-refractivity contribution is 9.11. The lowest BCUT2D eigenvalue weighted by Crippen LogP contribution is -2.37. The second kappa shape index (κ2) is 51.2. The summed E-state index contributed by atoms with van der Waals surface area (Å²) in [7, 11) is 0. The second-order valence-corrected chi connectivity index (χ2v) is 31.4. The molecule has 3 atom stereocenters. The number of hydrogen-bond acceptors (Lipinski definition) is 20. The molecule has 0 unspecified atom stereocenters. The molecular formula is C88H108Br2ClF3N14O9. The molecule has 626 valence electrons. The van der Waals surface area contributed by atoms with Crippen LogP contribution in [-0.4, -0.2) is 184 Å². The number of pyridine rings is 3. The zero-order valence-electron chi connectivity index (χ0n) is 66.3. The Morgan fingerprint density at radius 1 is 0.444 bits per heavy atom. The average Bonchev–Trinajstić information content (AvgIpc) is 0.850. The van der Waals surface area contributed by atoms with E-state index in [4.69, 9.17) is 51.6 Å². The van der Waals surface area contributed by atoms with Crippen molar-refractivity contribution in [3.8, 4) is 17.2 Å². The van der Waals surface area contributed by atoms with Crippen molar-refractivity contribution in [2.24, 2.45) is 11.7 Å². The van der Waals surface area contributed by atoms with Crippen LogP contribution in [0.15, 0.2) is 162 Å². The quantitative estimate of drug-likeness (QED) is 0.0175. The van der Waals surface area contributed by atoms with E-state index in [1.165, 1.54) is 128 Å². The van der Waals surface area contributed by atoms with Crippen LogP contribution in [0.4, 0.5) is 19.0 Å². The van der Waals surface area contributed by atoms with Gasteiger partial charge in [-0.15, -0.1) is 0 Å². The van der Waals surface area contributed by atoms with E-state index in [0.29, 0.717) is 117 Å². The first kappa shape index (κ1) is 91.7. The number of unbranched alkanes of at least 4 members (excludes halogenated alkanes) is 3. The molecule has 0 bridgehead atoms. The van der Waals surface area contributed by atoms with Gasteiger partial charge in [-0.2, -0.15) is 0 Å². The molecule has 0 saturated heterocycles. The number of carboxylic acids is 3. The number of fused-ring (bicyclic) bond motifs is 3. The second-order valence-electron chi connectivity index (χ2n) is 29.3. The van der Waals surface area contributed by atoms with Gasteiger partial charge in [0.25, 0.3) is 0 Å². The Bertz CT molecular complexity index is 4430. The van der Waals surface area contributed by atoms with Gasteiger partial charge in [0.1, 0.15) is 96.6 Å². The zero-order chi connectivity index (χ0) is 82.8. The third-order valence-corrected chi connectivity index (χ3v) is 22.3. The topological polar surface area (TPSA) is 303 Å². The minimum atomic E-state index is -0.981. The molecule has 0 spiro atoms. The molecule has 23 nitrogen and oxygen atoms in total. The first-order valence-corrected chi connectivity index (χ1v) is 42.6. The molecule has 0 aliphatic heterocycles. The number of aromatic nitrogens is 9. The van der Waals surface area contributed by atoms with Crippen molar-refractivity contribution < 1.29 is 57.1 Å². The smallest absolute Gasteiger partial charge is 0.326 e. The van der Waals surface area contributed by atoms with Crippen molar-refractivity contribution in [1.29, 1.82) is 0 Å². The van der Waals surface area contributed by atoms with Crippen LogP contribution in [0.1, 0.15) is 153 Å². The van der Waals surface area contributed by atoms with Crippen LogP contribution < -0.4 is 25.3 Å². The van der Waals surface area contributed by atoms with E-state index in [-0.39, 0.29) is 17.5 Å². The number of anilines is 1. The predicted molar refractivity (Wildman–Crippen MR) is 452 cm³/mol. The molecule has 0 fully saturated rings. The molecule has 6 heterocycles.